The molecular weight excluding hydrogens is 569 g/mol. The first-order valence-electron chi connectivity index (χ1n) is 8.85. The number of halogens is 3. The molecule has 3 aliphatic rings. The van der Waals surface area contributed by atoms with Gasteiger partial charge in [-0.1, -0.05) is 40.2 Å². The van der Waals surface area contributed by atoms with E-state index in [0.717, 1.165) is 37.2 Å². The Morgan fingerprint density at radius 1 is 1.14 bits per heavy atom. The van der Waals surface area contributed by atoms with Crippen LogP contribution in [0, 0.1) is 3.57 Å². The summed E-state index contributed by atoms with van der Waals surface area (Å²) in [7, 11) is 0. The number of fused-ring (bicyclic) bond motifs is 3. The van der Waals surface area contributed by atoms with Crippen LogP contribution in [0.4, 0.5) is 5.82 Å². The molecule has 0 aliphatic carbocycles. The number of nitrogens with one attached hydrogen (secondary N) is 1. The molecule has 0 atom stereocenters. The maximum absolute atomic E-state index is 13.2. The molecule has 1 N–H and O–H groups in total. The maximum Gasteiger partial charge on any atom is 0.331 e. The quantitative estimate of drug-likeness (QED) is 0.361. The molecule has 6 nitrogen and oxygen atoms in total. The van der Waals surface area contributed by atoms with Gasteiger partial charge < -0.3 is 5.32 Å². The third kappa shape index (κ3) is 3.69. The van der Waals surface area contributed by atoms with E-state index in [-0.39, 0.29) is 18.1 Å². The van der Waals surface area contributed by atoms with E-state index < -0.39 is 0 Å². The summed E-state index contributed by atoms with van der Waals surface area (Å²) in [6.45, 7) is 1.82. The number of benzene rings is 2. The normalized spacial score (nSPS) is 12.5. The number of hydrogen-bond acceptors (Lipinski definition) is 4. The van der Waals surface area contributed by atoms with Crippen molar-refractivity contribution in [2.45, 2.75) is 13.1 Å². The van der Waals surface area contributed by atoms with Gasteiger partial charge in [0.05, 0.1) is 6.54 Å². The summed E-state index contributed by atoms with van der Waals surface area (Å²) in [6.07, 6.45) is 0. The second-order valence-electron chi connectivity index (χ2n) is 6.65. The lowest BCUT2D eigenvalue weighted by Gasteiger charge is -2.14. The molecule has 0 saturated heterocycles. The largest absolute Gasteiger partial charge is 0.368 e. The van der Waals surface area contributed by atoms with Crippen molar-refractivity contribution < 1.29 is 0 Å². The van der Waals surface area contributed by atoms with Crippen LogP contribution in [0.3, 0.4) is 0 Å². The molecule has 0 bridgehead atoms. The average Bonchev–Trinajstić information content (AvgIpc) is 3.33. The van der Waals surface area contributed by atoms with Crippen molar-refractivity contribution in [2.75, 3.05) is 11.9 Å². The minimum atomic E-state index is -0.0615. The van der Waals surface area contributed by atoms with Gasteiger partial charge in [-0.15, -0.1) is 12.4 Å². The number of hydrogen-bond donors (Lipinski definition) is 1. The minimum absolute atomic E-state index is 0. The number of anilines is 1. The first-order chi connectivity index (χ1) is 13.6. The van der Waals surface area contributed by atoms with Gasteiger partial charge in [0.25, 0.3) is 0 Å². The van der Waals surface area contributed by atoms with Gasteiger partial charge >= 0.3 is 5.69 Å². The van der Waals surface area contributed by atoms with Crippen molar-refractivity contribution in [1.29, 1.82) is 0 Å². The summed E-state index contributed by atoms with van der Waals surface area (Å²) in [4.78, 5) is 22.7. The molecule has 3 heterocycles. The van der Waals surface area contributed by atoms with E-state index >= 15 is 0 Å². The fourth-order valence-electron chi connectivity index (χ4n) is 3.50. The van der Waals surface area contributed by atoms with E-state index in [9.17, 15) is 4.79 Å². The SMILES string of the molecule is Cl.O=c1n(Cc2cccc(I)c2)c2nc(-c3ccc(Br)cc3)nc-2c2n1CCN2. The van der Waals surface area contributed by atoms with E-state index in [4.69, 9.17) is 9.97 Å². The van der Waals surface area contributed by atoms with Gasteiger partial charge in [0, 0.05) is 26.7 Å². The van der Waals surface area contributed by atoms with E-state index in [1.807, 2.05) is 42.5 Å². The molecule has 2 aromatic carbocycles. The Labute approximate surface area is 195 Å². The first kappa shape index (κ1) is 20.4. The van der Waals surface area contributed by atoms with Crippen LogP contribution in [-0.4, -0.2) is 25.6 Å². The van der Waals surface area contributed by atoms with Gasteiger partial charge in [-0.05, 0) is 52.4 Å². The predicted octanol–water partition coefficient (Wildman–Crippen LogP) is 4.47. The first-order valence-corrected chi connectivity index (χ1v) is 10.7. The van der Waals surface area contributed by atoms with Crippen molar-refractivity contribution in [3.8, 4) is 22.9 Å². The molecule has 0 unspecified atom stereocenters. The van der Waals surface area contributed by atoms with Gasteiger partial charge in [0.1, 0.15) is 11.5 Å². The van der Waals surface area contributed by atoms with Crippen LogP contribution in [0.5, 0.6) is 0 Å². The van der Waals surface area contributed by atoms with Crippen LogP contribution in [0.1, 0.15) is 5.56 Å². The van der Waals surface area contributed by atoms with Crippen LogP contribution in [0.15, 0.2) is 57.8 Å². The summed E-state index contributed by atoms with van der Waals surface area (Å²) in [5.74, 6) is 2.00. The zero-order valence-corrected chi connectivity index (χ0v) is 19.7. The Morgan fingerprint density at radius 2 is 1.93 bits per heavy atom. The number of aromatic nitrogens is 4. The second kappa shape index (κ2) is 8.08. The van der Waals surface area contributed by atoms with Crippen molar-refractivity contribution in [2.24, 2.45) is 0 Å². The highest BCUT2D eigenvalue weighted by atomic mass is 127. The van der Waals surface area contributed by atoms with Crippen molar-refractivity contribution in [3.63, 3.8) is 0 Å². The molecule has 0 spiro atoms. The van der Waals surface area contributed by atoms with Gasteiger partial charge in [-0.3, -0.25) is 9.13 Å². The van der Waals surface area contributed by atoms with Crippen LogP contribution in [-0.2, 0) is 13.1 Å². The molecule has 5 rings (SSSR count). The molecular formula is C20H16BrClIN5O. The van der Waals surface area contributed by atoms with Gasteiger partial charge in [0.2, 0.25) is 0 Å². The molecule has 0 amide bonds. The van der Waals surface area contributed by atoms with E-state index in [1.54, 1.807) is 9.13 Å². The van der Waals surface area contributed by atoms with Gasteiger partial charge in [-0.25, -0.2) is 14.8 Å². The van der Waals surface area contributed by atoms with Crippen LogP contribution in [0.25, 0.3) is 22.9 Å². The number of rotatable bonds is 3. The topological polar surface area (TPSA) is 64.7 Å². The average molecular weight is 585 g/mol. The Kier molecular flexibility index (Phi) is 5.67. The lowest BCUT2D eigenvalue weighted by molar-refractivity contribution is 0.639. The number of nitrogens with zero attached hydrogens (tertiary/aromatic N) is 4. The molecule has 29 heavy (non-hydrogen) atoms. The summed E-state index contributed by atoms with van der Waals surface area (Å²) < 4.78 is 5.63. The predicted molar refractivity (Wildman–Crippen MR) is 128 cm³/mol. The van der Waals surface area contributed by atoms with Crippen molar-refractivity contribution in [3.05, 3.63) is 72.6 Å². The summed E-state index contributed by atoms with van der Waals surface area (Å²) in [5, 5.41) is 3.30. The lowest BCUT2D eigenvalue weighted by atomic mass is 10.2. The Morgan fingerprint density at radius 3 is 2.69 bits per heavy atom. The summed E-state index contributed by atoms with van der Waals surface area (Å²) in [6, 6.07) is 16.0. The third-order valence-electron chi connectivity index (χ3n) is 4.81. The highest BCUT2D eigenvalue weighted by molar-refractivity contribution is 14.1. The Hall–Kier alpha value is -1.91. The van der Waals surface area contributed by atoms with Crippen LogP contribution >= 0.6 is 50.9 Å². The highest BCUT2D eigenvalue weighted by Gasteiger charge is 2.28. The molecule has 0 aromatic heterocycles. The second-order valence-corrected chi connectivity index (χ2v) is 8.81. The molecule has 0 radical (unpaired) electrons. The molecule has 9 heteroatoms. The van der Waals surface area contributed by atoms with E-state index in [0.29, 0.717) is 24.7 Å². The summed E-state index contributed by atoms with van der Waals surface area (Å²) in [5.41, 5.74) is 2.66. The smallest absolute Gasteiger partial charge is 0.331 e. The fraction of sp³-hybridized carbons (Fsp3) is 0.150. The molecule has 3 aliphatic heterocycles. The highest BCUT2D eigenvalue weighted by Crippen LogP contribution is 2.32. The van der Waals surface area contributed by atoms with E-state index in [1.165, 1.54) is 0 Å². The van der Waals surface area contributed by atoms with Crippen molar-refractivity contribution in [1.82, 2.24) is 19.1 Å². The Bertz CT molecular complexity index is 1220. The van der Waals surface area contributed by atoms with Gasteiger partial charge in [-0.2, -0.15) is 0 Å². The van der Waals surface area contributed by atoms with Crippen LogP contribution in [0.2, 0.25) is 0 Å². The summed E-state index contributed by atoms with van der Waals surface area (Å²) >= 11 is 5.74. The zero-order chi connectivity index (χ0) is 19.3. The lowest BCUT2D eigenvalue weighted by Crippen LogP contribution is -2.32. The fourth-order valence-corrected chi connectivity index (χ4v) is 4.37. The third-order valence-corrected chi connectivity index (χ3v) is 6.01. The molecule has 0 saturated carbocycles. The van der Waals surface area contributed by atoms with Crippen LogP contribution < -0.4 is 11.0 Å². The standard InChI is InChI=1S/C20H15BrIN5O.ClH/c21-14-6-4-13(5-7-14)17-24-16-18-23-8-9-26(18)20(28)27(19(16)25-17)11-12-2-1-3-15(22)10-12;/h1-7,10,23H,8-9,11H2;1H. The van der Waals surface area contributed by atoms with E-state index in [2.05, 4.69) is 49.9 Å². The Balaban J connectivity index is 0.00000205. The molecule has 0 fully saturated rings. The monoisotopic (exact) mass is 583 g/mol. The van der Waals surface area contributed by atoms with Crippen molar-refractivity contribution >= 4 is 56.7 Å². The number of imidazole rings is 1. The molecule has 148 valence electrons. The molecule has 2 aromatic rings. The zero-order valence-electron chi connectivity index (χ0n) is 15.1. The maximum atomic E-state index is 13.2. The van der Waals surface area contributed by atoms with Gasteiger partial charge in [0.15, 0.2) is 11.6 Å². The minimum Gasteiger partial charge on any atom is -0.368 e.